The van der Waals surface area contributed by atoms with Gasteiger partial charge in [0.25, 0.3) is 0 Å². The number of benzene rings is 1. The van der Waals surface area contributed by atoms with Crippen LogP contribution in [0.5, 0.6) is 0 Å². The molecule has 3 saturated carbocycles. The molecule has 5 rings (SSSR count). The first-order valence-electron chi connectivity index (χ1n) is 13.6. The summed E-state index contributed by atoms with van der Waals surface area (Å²) in [5.41, 5.74) is -6.94. The Kier molecular flexibility index (Phi) is 6.68. The Bertz CT molecular complexity index is 1320. The van der Waals surface area contributed by atoms with Gasteiger partial charge in [-0.1, -0.05) is 38.1 Å². The molecule has 1 aromatic rings. The van der Waals surface area contributed by atoms with Crippen LogP contribution in [-0.2, 0) is 23.9 Å². The second kappa shape index (κ2) is 9.43. The van der Waals surface area contributed by atoms with Crippen LogP contribution >= 0.6 is 0 Å². The predicted molar refractivity (Wildman–Crippen MR) is 139 cm³/mol. The average molecular weight is 557 g/mol. The number of hydrogen-bond acceptors (Lipinski definition) is 7. The molecule has 0 aromatic heterocycles. The van der Waals surface area contributed by atoms with Crippen molar-refractivity contribution in [1.29, 1.82) is 0 Å². The Balaban J connectivity index is 1.63. The van der Waals surface area contributed by atoms with Gasteiger partial charge in [0.2, 0.25) is 5.78 Å². The number of halogens is 2. The summed E-state index contributed by atoms with van der Waals surface area (Å²) in [6, 6.07) is 8.08. The average Bonchev–Trinajstić information content (AvgIpc) is 3.12. The van der Waals surface area contributed by atoms with Crippen LogP contribution in [0.15, 0.2) is 54.1 Å². The number of aliphatic hydroxyl groups is 1. The van der Waals surface area contributed by atoms with Crippen LogP contribution in [0.3, 0.4) is 0 Å². The van der Waals surface area contributed by atoms with Crippen molar-refractivity contribution in [2.75, 3.05) is 6.61 Å². The quantitative estimate of drug-likeness (QED) is 0.540. The first kappa shape index (κ1) is 28.3. The summed E-state index contributed by atoms with van der Waals surface area (Å²) in [6.45, 7) is 5.36. The van der Waals surface area contributed by atoms with Crippen LogP contribution in [0, 0.1) is 28.6 Å². The van der Waals surface area contributed by atoms with Gasteiger partial charge in [-0.15, -0.1) is 0 Å². The smallest absolute Gasteiger partial charge is 0.339 e. The van der Waals surface area contributed by atoms with Crippen molar-refractivity contribution in [2.24, 2.45) is 28.6 Å². The number of hydrogen-bond donors (Lipinski definition) is 1. The molecule has 4 aliphatic carbocycles. The van der Waals surface area contributed by atoms with Crippen molar-refractivity contribution in [3.8, 4) is 0 Å². The van der Waals surface area contributed by atoms with Gasteiger partial charge in [-0.3, -0.25) is 14.4 Å². The minimum absolute atomic E-state index is 0.000140. The number of Topliss-reactive ketones (excluding diaryl/α,β-unsaturated/α-hetero) is 1. The highest BCUT2D eigenvalue weighted by molar-refractivity contribution is 6.01. The first-order chi connectivity index (χ1) is 18.7. The maximum Gasteiger partial charge on any atom is 0.339 e. The Morgan fingerprint density at radius 1 is 1.10 bits per heavy atom. The van der Waals surface area contributed by atoms with E-state index in [-0.39, 0.29) is 30.4 Å². The lowest BCUT2D eigenvalue weighted by atomic mass is 9.44. The van der Waals surface area contributed by atoms with E-state index < -0.39 is 82.2 Å². The summed E-state index contributed by atoms with van der Waals surface area (Å²) < 4.78 is 44.4. The minimum atomic E-state index is -2.35. The molecule has 0 bridgehead atoms. The van der Waals surface area contributed by atoms with Gasteiger partial charge in [-0.25, -0.2) is 13.6 Å². The summed E-state index contributed by atoms with van der Waals surface area (Å²) in [5.74, 6) is -5.00. The molecule has 3 fully saturated rings. The van der Waals surface area contributed by atoms with E-state index in [0.29, 0.717) is 0 Å². The van der Waals surface area contributed by atoms with Gasteiger partial charge in [0, 0.05) is 29.6 Å². The van der Waals surface area contributed by atoms with E-state index in [1.165, 1.54) is 31.2 Å². The predicted octanol–water partition coefficient (Wildman–Crippen LogP) is 4.28. The zero-order chi connectivity index (χ0) is 29.3. The highest BCUT2D eigenvalue weighted by Crippen LogP contribution is 2.71. The van der Waals surface area contributed by atoms with Crippen molar-refractivity contribution in [1.82, 2.24) is 0 Å². The van der Waals surface area contributed by atoms with E-state index in [9.17, 15) is 24.3 Å². The van der Waals surface area contributed by atoms with Crippen molar-refractivity contribution in [2.45, 2.75) is 70.5 Å². The Labute approximate surface area is 231 Å². The normalized spacial score (nSPS) is 41.7. The molecule has 0 radical (unpaired) electrons. The lowest BCUT2D eigenvalue weighted by Gasteiger charge is -2.63. The molecule has 0 heterocycles. The Hall–Kier alpha value is -3.20. The topological polar surface area (TPSA) is 107 Å². The fourth-order valence-electron chi connectivity index (χ4n) is 8.45. The zero-order valence-electron chi connectivity index (χ0n) is 23.0. The molecule has 0 aliphatic heterocycles. The first-order valence-corrected chi connectivity index (χ1v) is 13.6. The molecule has 214 valence electrons. The minimum Gasteiger partial charge on any atom is -0.458 e. The number of carbonyl (C=O) groups is 4. The van der Waals surface area contributed by atoms with Crippen LogP contribution in [0.4, 0.5) is 8.78 Å². The molecule has 4 aliphatic rings. The highest BCUT2D eigenvalue weighted by atomic mass is 19.1. The molecule has 9 atom stereocenters. The van der Waals surface area contributed by atoms with Gasteiger partial charge in [-0.05, 0) is 62.0 Å². The second-order valence-corrected chi connectivity index (χ2v) is 12.2. The largest absolute Gasteiger partial charge is 0.458 e. The number of aliphatic hydroxyl groups excluding tert-OH is 1. The van der Waals surface area contributed by atoms with E-state index in [4.69, 9.17) is 9.47 Å². The molecule has 1 aromatic carbocycles. The van der Waals surface area contributed by atoms with E-state index in [1.54, 1.807) is 32.0 Å². The van der Waals surface area contributed by atoms with Crippen molar-refractivity contribution in [3.63, 3.8) is 0 Å². The number of alkyl halides is 2. The number of fused-ring (bicyclic) bond motifs is 5. The summed E-state index contributed by atoms with van der Waals surface area (Å²) in [4.78, 5) is 51.1. The van der Waals surface area contributed by atoms with Crippen LogP contribution in [-0.4, -0.2) is 58.8 Å². The summed E-state index contributed by atoms with van der Waals surface area (Å²) in [7, 11) is 0. The maximum atomic E-state index is 17.5. The number of allylic oxidation sites excluding steroid dienone is 4. The molecule has 0 spiro atoms. The molecular formula is C31H34F2O7. The van der Waals surface area contributed by atoms with Gasteiger partial charge < -0.3 is 14.6 Å². The molecule has 7 nitrogen and oxygen atoms in total. The molecule has 1 N–H and O–H groups in total. The third-order valence-electron chi connectivity index (χ3n) is 10.3. The van der Waals surface area contributed by atoms with E-state index >= 15 is 8.78 Å². The maximum absolute atomic E-state index is 17.5. The number of carbonyl (C=O) groups excluding carboxylic acids is 4. The molecule has 0 saturated heterocycles. The van der Waals surface area contributed by atoms with Gasteiger partial charge in [-0.2, -0.15) is 0 Å². The zero-order valence-corrected chi connectivity index (χ0v) is 23.0. The Morgan fingerprint density at radius 3 is 2.42 bits per heavy atom. The molecular weight excluding hydrogens is 522 g/mol. The molecule has 40 heavy (non-hydrogen) atoms. The van der Waals surface area contributed by atoms with Crippen molar-refractivity contribution < 1.29 is 42.5 Å². The lowest BCUT2D eigenvalue weighted by Crippen LogP contribution is -2.71. The van der Waals surface area contributed by atoms with Crippen molar-refractivity contribution in [3.05, 3.63) is 59.7 Å². The summed E-state index contributed by atoms with van der Waals surface area (Å²) in [6.07, 6.45) is -0.0227. The highest BCUT2D eigenvalue weighted by Gasteiger charge is 2.78. The van der Waals surface area contributed by atoms with Gasteiger partial charge in [0.15, 0.2) is 23.7 Å². The lowest BCUT2D eigenvalue weighted by molar-refractivity contribution is -0.224. The second-order valence-electron chi connectivity index (χ2n) is 12.2. The van der Waals surface area contributed by atoms with Crippen LogP contribution in [0.25, 0.3) is 0 Å². The van der Waals surface area contributed by atoms with Crippen molar-refractivity contribution >= 4 is 23.5 Å². The molecule has 2 unspecified atom stereocenters. The fraction of sp³-hybridized carbons (Fsp3) is 0.548. The van der Waals surface area contributed by atoms with Gasteiger partial charge in [0.1, 0.15) is 6.17 Å². The van der Waals surface area contributed by atoms with E-state index in [2.05, 4.69) is 0 Å². The summed E-state index contributed by atoms with van der Waals surface area (Å²) in [5, 5.41) is 11.6. The number of rotatable bonds is 5. The Morgan fingerprint density at radius 2 is 1.77 bits per heavy atom. The standard InChI is InChI=1S/C31H34F2O7/c1-17-12-21-22-14-24(32)23-13-20(35)10-11-28(23,3)30(22,33)25(36)15-29(21,4)31(17,26(37)16-39-18(2)34)40-27(38)19-8-6-5-7-9-19/h5-11,13,17,21-22,24-25,36H,12,14-16H2,1-4H3/t17?,21-,22-,24?,25-,28-,29-,30-,31+/m0/s1. The molecule has 9 heteroatoms. The van der Waals surface area contributed by atoms with Gasteiger partial charge in [0.05, 0.1) is 11.7 Å². The third-order valence-corrected chi connectivity index (χ3v) is 10.3. The monoisotopic (exact) mass is 556 g/mol. The van der Waals surface area contributed by atoms with E-state index in [1.807, 2.05) is 0 Å². The molecule has 0 amide bonds. The van der Waals surface area contributed by atoms with Gasteiger partial charge >= 0.3 is 11.9 Å². The van der Waals surface area contributed by atoms with Crippen LogP contribution in [0.2, 0.25) is 0 Å². The SMILES string of the molecule is CC(=O)OCC(=O)[C@]1(OC(=O)c2ccccc2)C(C)C[C@H]2[C@@H]3CC(F)C4=CC(=O)C=C[C@]4(C)[C@@]3(F)[C@@H](O)C[C@@]21C. The van der Waals surface area contributed by atoms with Crippen LogP contribution in [0.1, 0.15) is 57.3 Å². The fourth-order valence-corrected chi connectivity index (χ4v) is 8.45. The number of esters is 2. The van der Waals surface area contributed by atoms with E-state index in [0.717, 1.165) is 13.0 Å². The third kappa shape index (κ3) is 3.69. The summed E-state index contributed by atoms with van der Waals surface area (Å²) >= 11 is 0. The van der Waals surface area contributed by atoms with Crippen LogP contribution < -0.4 is 0 Å². The number of ether oxygens (including phenoxy) is 2. The number of ketones is 2.